The standard InChI is InChI=1S/C19H27Cl/c1-2-3-14-4-5-18-13-17(7-6-16(18)12-14)15-8-10-19(20)11-9-15/h8-11,14,16-18H,2-7,12-13H2,1H3/t14-,16-,17-,18-/m1/s1. The van der Waals surface area contributed by atoms with Crippen molar-refractivity contribution < 1.29 is 0 Å². The molecule has 0 heterocycles. The van der Waals surface area contributed by atoms with Crippen LogP contribution in [0.15, 0.2) is 24.3 Å². The first kappa shape index (κ1) is 14.4. The molecule has 3 rings (SSSR count). The van der Waals surface area contributed by atoms with Crippen molar-refractivity contribution in [3.63, 3.8) is 0 Å². The monoisotopic (exact) mass is 290 g/mol. The smallest absolute Gasteiger partial charge is 0.0406 e. The van der Waals surface area contributed by atoms with Gasteiger partial charge in [-0.15, -0.1) is 0 Å². The lowest BCUT2D eigenvalue weighted by Crippen LogP contribution is -2.30. The quantitative estimate of drug-likeness (QED) is 0.601. The fraction of sp³-hybridized carbons (Fsp3) is 0.684. The zero-order chi connectivity index (χ0) is 13.9. The van der Waals surface area contributed by atoms with Crippen LogP contribution in [0.2, 0.25) is 5.02 Å². The SMILES string of the molecule is CCC[C@@H]1CC[C@@H]2C[C@H](c3ccc(Cl)cc3)CC[C@@H]2C1. The summed E-state index contributed by atoms with van der Waals surface area (Å²) in [4.78, 5) is 0. The first-order valence-corrected chi connectivity index (χ1v) is 8.89. The van der Waals surface area contributed by atoms with Crippen molar-refractivity contribution in [1.29, 1.82) is 0 Å². The lowest BCUT2D eigenvalue weighted by atomic mass is 9.63. The number of benzene rings is 1. The van der Waals surface area contributed by atoms with E-state index in [2.05, 4.69) is 31.2 Å². The third-order valence-corrected chi connectivity index (χ3v) is 6.01. The first-order valence-electron chi connectivity index (χ1n) is 8.51. The van der Waals surface area contributed by atoms with Crippen molar-refractivity contribution in [2.24, 2.45) is 17.8 Å². The van der Waals surface area contributed by atoms with Crippen LogP contribution in [0.5, 0.6) is 0 Å². The van der Waals surface area contributed by atoms with E-state index in [-0.39, 0.29) is 0 Å². The molecule has 0 saturated heterocycles. The minimum absolute atomic E-state index is 0.788. The maximum atomic E-state index is 6.01. The summed E-state index contributed by atoms with van der Waals surface area (Å²) < 4.78 is 0. The molecule has 0 radical (unpaired) electrons. The van der Waals surface area contributed by atoms with Crippen molar-refractivity contribution in [1.82, 2.24) is 0 Å². The van der Waals surface area contributed by atoms with E-state index in [0.717, 1.165) is 28.7 Å². The molecule has 0 amide bonds. The molecule has 2 saturated carbocycles. The highest BCUT2D eigenvalue weighted by atomic mass is 35.5. The average molecular weight is 291 g/mol. The second kappa shape index (κ2) is 6.52. The van der Waals surface area contributed by atoms with Crippen LogP contribution in [0.4, 0.5) is 0 Å². The van der Waals surface area contributed by atoms with E-state index in [1.807, 2.05) is 0 Å². The largest absolute Gasteiger partial charge is 0.0843 e. The van der Waals surface area contributed by atoms with Crippen molar-refractivity contribution in [2.45, 2.75) is 64.2 Å². The van der Waals surface area contributed by atoms with Crippen LogP contribution in [0.1, 0.15) is 69.8 Å². The Morgan fingerprint density at radius 2 is 1.65 bits per heavy atom. The summed E-state index contributed by atoms with van der Waals surface area (Å²) in [5, 5.41) is 0.863. The van der Waals surface area contributed by atoms with E-state index >= 15 is 0 Å². The van der Waals surface area contributed by atoms with Gasteiger partial charge in [0, 0.05) is 5.02 Å². The Kier molecular flexibility index (Phi) is 4.71. The van der Waals surface area contributed by atoms with Gasteiger partial charge in [-0.2, -0.15) is 0 Å². The van der Waals surface area contributed by atoms with Crippen LogP contribution in [0.3, 0.4) is 0 Å². The van der Waals surface area contributed by atoms with Crippen LogP contribution >= 0.6 is 11.6 Å². The third-order valence-electron chi connectivity index (χ3n) is 5.76. The normalized spacial score (nSPS) is 33.7. The Bertz CT molecular complexity index is 422. The predicted octanol–water partition coefficient (Wildman–Crippen LogP) is 6.44. The van der Waals surface area contributed by atoms with Crippen molar-refractivity contribution in [2.75, 3.05) is 0 Å². The second-order valence-corrected chi connectivity index (χ2v) is 7.49. The molecular weight excluding hydrogens is 264 g/mol. The van der Waals surface area contributed by atoms with Gasteiger partial charge in [-0.05, 0) is 73.5 Å². The van der Waals surface area contributed by atoms with Crippen LogP contribution in [0.25, 0.3) is 0 Å². The lowest BCUT2D eigenvalue weighted by Gasteiger charge is -2.42. The van der Waals surface area contributed by atoms with Crippen LogP contribution in [0, 0.1) is 17.8 Å². The molecule has 4 atom stereocenters. The molecule has 0 spiro atoms. The molecule has 1 heteroatoms. The summed E-state index contributed by atoms with van der Waals surface area (Å²) in [6.07, 6.45) is 11.6. The Morgan fingerprint density at radius 1 is 0.950 bits per heavy atom. The molecule has 2 fully saturated rings. The zero-order valence-electron chi connectivity index (χ0n) is 12.7. The summed E-state index contributed by atoms with van der Waals surface area (Å²) in [6.45, 7) is 2.34. The fourth-order valence-corrected chi connectivity index (χ4v) is 4.82. The summed E-state index contributed by atoms with van der Waals surface area (Å²) in [5.74, 6) is 3.85. The van der Waals surface area contributed by atoms with Gasteiger partial charge in [-0.3, -0.25) is 0 Å². The summed E-state index contributed by atoms with van der Waals surface area (Å²) in [7, 11) is 0. The van der Waals surface area contributed by atoms with E-state index in [1.54, 1.807) is 0 Å². The van der Waals surface area contributed by atoms with Gasteiger partial charge in [0.05, 0.1) is 0 Å². The molecule has 2 aliphatic carbocycles. The second-order valence-electron chi connectivity index (χ2n) is 7.05. The van der Waals surface area contributed by atoms with Gasteiger partial charge in [0.2, 0.25) is 0 Å². The Labute approximate surface area is 128 Å². The first-order chi connectivity index (χ1) is 9.76. The van der Waals surface area contributed by atoms with Crippen LogP contribution in [-0.4, -0.2) is 0 Å². The topological polar surface area (TPSA) is 0 Å². The minimum Gasteiger partial charge on any atom is -0.0843 e. The highest BCUT2D eigenvalue weighted by molar-refractivity contribution is 6.30. The van der Waals surface area contributed by atoms with Crippen molar-refractivity contribution >= 4 is 11.6 Å². The summed E-state index contributed by atoms with van der Waals surface area (Å²) in [5.41, 5.74) is 1.52. The molecule has 0 N–H and O–H groups in total. The molecular formula is C19H27Cl. The number of hydrogen-bond acceptors (Lipinski definition) is 0. The Morgan fingerprint density at radius 3 is 2.40 bits per heavy atom. The maximum absolute atomic E-state index is 6.01. The van der Waals surface area contributed by atoms with E-state index < -0.39 is 0 Å². The maximum Gasteiger partial charge on any atom is 0.0406 e. The van der Waals surface area contributed by atoms with Gasteiger partial charge in [0.25, 0.3) is 0 Å². The van der Waals surface area contributed by atoms with Crippen molar-refractivity contribution in [3.05, 3.63) is 34.9 Å². The van der Waals surface area contributed by atoms with Gasteiger partial charge in [-0.25, -0.2) is 0 Å². The number of rotatable bonds is 3. The summed E-state index contributed by atoms with van der Waals surface area (Å²) >= 11 is 6.01. The Hall–Kier alpha value is -0.490. The lowest BCUT2D eigenvalue weighted by molar-refractivity contribution is 0.114. The van der Waals surface area contributed by atoms with E-state index in [1.165, 1.54) is 56.9 Å². The average Bonchev–Trinajstić information content (AvgIpc) is 2.48. The third kappa shape index (κ3) is 3.22. The number of hydrogen-bond donors (Lipinski definition) is 0. The van der Waals surface area contributed by atoms with Gasteiger partial charge in [-0.1, -0.05) is 49.9 Å². The molecule has 0 bridgehead atoms. The number of halogens is 1. The number of fused-ring (bicyclic) bond motifs is 1. The highest BCUT2D eigenvalue weighted by Crippen LogP contribution is 2.48. The Balaban J connectivity index is 1.61. The fourth-order valence-electron chi connectivity index (χ4n) is 4.69. The molecule has 2 aliphatic rings. The van der Waals surface area contributed by atoms with Gasteiger partial charge in [0.15, 0.2) is 0 Å². The van der Waals surface area contributed by atoms with Gasteiger partial charge in [0.1, 0.15) is 0 Å². The van der Waals surface area contributed by atoms with Gasteiger partial charge < -0.3 is 0 Å². The van der Waals surface area contributed by atoms with Crippen LogP contribution in [-0.2, 0) is 0 Å². The van der Waals surface area contributed by atoms with Crippen LogP contribution < -0.4 is 0 Å². The molecule has 1 aromatic rings. The van der Waals surface area contributed by atoms with Crippen molar-refractivity contribution in [3.8, 4) is 0 Å². The molecule has 0 nitrogen and oxygen atoms in total. The highest BCUT2D eigenvalue weighted by Gasteiger charge is 2.35. The molecule has 110 valence electrons. The zero-order valence-corrected chi connectivity index (χ0v) is 13.4. The molecule has 0 unspecified atom stereocenters. The molecule has 1 aromatic carbocycles. The predicted molar refractivity (Wildman–Crippen MR) is 87.3 cm³/mol. The van der Waals surface area contributed by atoms with E-state index in [0.29, 0.717) is 0 Å². The minimum atomic E-state index is 0.788. The van der Waals surface area contributed by atoms with Gasteiger partial charge >= 0.3 is 0 Å². The molecule has 0 aliphatic heterocycles. The molecule has 0 aromatic heterocycles. The molecule has 20 heavy (non-hydrogen) atoms. The van der Waals surface area contributed by atoms with E-state index in [4.69, 9.17) is 11.6 Å². The van der Waals surface area contributed by atoms with E-state index in [9.17, 15) is 0 Å². The summed E-state index contributed by atoms with van der Waals surface area (Å²) in [6, 6.07) is 8.61.